The zero-order chi connectivity index (χ0) is 7.40. The number of rotatable bonds is 2. The highest BCUT2D eigenvalue weighted by Crippen LogP contribution is 2.12. The minimum absolute atomic E-state index is 0.0741. The summed E-state index contributed by atoms with van der Waals surface area (Å²) in [6.45, 7) is 1.97. The van der Waals surface area contributed by atoms with E-state index >= 15 is 0 Å². The lowest BCUT2D eigenvalue weighted by molar-refractivity contribution is 0.765. The van der Waals surface area contributed by atoms with Crippen LogP contribution in [0.25, 0.3) is 0 Å². The van der Waals surface area contributed by atoms with Crippen molar-refractivity contribution in [3.8, 4) is 6.07 Å². The van der Waals surface area contributed by atoms with Crippen LogP contribution in [-0.2, 0) is 0 Å². The van der Waals surface area contributed by atoms with Crippen molar-refractivity contribution in [1.82, 2.24) is 9.97 Å². The van der Waals surface area contributed by atoms with Crippen LogP contribution in [0.5, 0.6) is 0 Å². The molecule has 0 spiro atoms. The molecule has 3 heteroatoms. The molecule has 1 aromatic heterocycles. The average Bonchev–Trinajstić information content (AvgIpc) is 2.43. The summed E-state index contributed by atoms with van der Waals surface area (Å²) in [6.07, 6.45) is 4.20. The Bertz CT molecular complexity index is 219. The smallest absolute Gasteiger partial charge is 0.123 e. The zero-order valence-electron chi connectivity index (χ0n) is 5.83. The topological polar surface area (TPSA) is 52.5 Å². The summed E-state index contributed by atoms with van der Waals surface area (Å²) < 4.78 is 0. The Balaban J connectivity index is 2.76. The van der Waals surface area contributed by atoms with Crippen LogP contribution >= 0.6 is 0 Å². The summed E-state index contributed by atoms with van der Waals surface area (Å²) in [4.78, 5) is 6.89. The largest absolute Gasteiger partial charge is 0.347 e. The number of nitrogens with one attached hydrogen (secondary N) is 1. The number of aromatic amines is 1. The molecule has 0 radical (unpaired) electrons. The van der Waals surface area contributed by atoms with E-state index in [-0.39, 0.29) is 5.92 Å². The third-order valence-corrected chi connectivity index (χ3v) is 1.41. The Morgan fingerprint density at radius 1 is 1.90 bits per heavy atom. The third kappa shape index (κ3) is 1.16. The molecule has 1 unspecified atom stereocenters. The van der Waals surface area contributed by atoms with Crippen molar-refractivity contribution in [3.63, 3.8) is 0 Å². The van der Waals surface area contributed by atoms with Crippen molar-refractivity contribution >= 4 is 0 Å². The number of hydrogen-bond acceptors (Lipinski definition) is 2. The van der Waals surface area contributed by atoms with Crippen LogP contribution < -0.4 is 0 Å². The van der Waals surface area contributed by atoms with Gasteiger partial charge in [0, 0.05) is 12.4 Å². The molecular formula is C7H9N3. The van der Waals surface area contributed by atoms with Crippen molar-refractivity contribution in [1.29, 1.82) is 5.26 Å². The van der Waals surface area contributed by atoms with E-state index in [2.05, 4.69) is 16.0 Å². The van der Waals surface area contributed by atoms with E-state index in [1.54, 1.807) is 12.4 Å². The number of nitriles is 1. The van der Waals surface area contributed by atoms with Gasteiger partial charge in [0.2, 0.25) is 0 Å². The second-order valence-corrected chi connectivity index (χ2v) is 2.06. The molecule has 10 heavy (non-hydrogen) atoms. The Morgan fingerprint density at radius 2 is 2.70 bits per heavy atom. The minimum atomic E-state index is -0.0741. The van der Waals surface area contributed by atoms with Gasteiger partial charge in [0.15, 0.2) is 0 Å². The van der Waals surface area contributed by atoms with Crippen LogP contribution in [0, 0.1) is 11.3 Å². The van der Waals surface area contributed by atoms with Gasteiger partial charge in [0.25, 0.3) is 0 Å². The maximum Gasteiger partial charge on any atom is 0.123 e. The summed E-state index contributed by atoms with van der Waals surface area (Å²) in [5, 5.41) is 8.59. The minimum Gasteiger partial charge on any atom is -0.347 e. The molecule has 1 atom stereocenters. The number of nitrogens with zero attached hydrogens (tertiary/aromatic N) is 2. The number of hydrogen-bond donors (Lipinski definition) is 1. The maximum atomic E-state index is 8.59. The highest BCUT2D eigenvalue weighted by Gasteiger charge is 2.08. The summed E-state index contributed by atoms with van der Waals surface area (Å²) in [5.74, 6) is 0.694. The van der Waals surface area contributed by atoms with Crippen LogP contribution in [-0.4, -0.2) is 9.97 Å². The predicted molar refractivity (Wildman–Crippen MR) is 37.2 cm³/mol. The molecule has 1 heterocycles. The quantitative estimate of drug-likeness (QED) is 0.666. The van der Waals surface area contributed by atoms with E-state index < -0.39 is 0 Å². The average molecular weight is 135 g/mol. The molecule has 52 valence electrons. The van der Waals surface area contributed by atoms with Gasteiger partial charge in [-0.15, -0.1) is 0 Å². The van der Waals surface area contributed by atoms with Crippen molar-refractivity contribution in [2.45, 2.75) is 19.3 Å². The molecule has 0 amide bonds. The molecule has 0 aliphatic carbocycles. The number of imidazole rings is 1. The number of aromatic nitrogens is 2. The summed E-state index contributed by atoms with van der Waals surface area (Å²) in [7, 11) is 0. The molecule has 0 aliphatic rings. The van der Waals surface area contributed by atoms with Crippen molar-refractivity contribution < 1.29 is 0 Å². The Kier molecular flexibility index (Phi) is 2.06. The van der Waals surface area contributed by atoms with E-state index in [0.717, 1.165) is 12.2 Å². The Hall–Kier alpha value is -1.30. The van der Waals surface area contributed by atoms with Gasteiger partial charge in [-0.25, -0.2) is 4.98 Å². The van der Waals surface area contributed by atoms with Gasteiger partial charge >= 0.3 is 0 Å². The van der Waals surface area contributed by atoms with E-state index in [0.29, 0.717) is 0 Å². The van der Waals surface area contributed by atoms with Gasteiger partial charge in [0.1, 0.15) is 11.7 Å². The van der Waals surface area contributed by atoms with Gasteiger partial charge in [-0.05, 0) is 6.42 Å². The SMILES string of the molecule is CCC(C#N)c1ncc[nH]1. The lowest BCUT2D eigenvalue weighted by atomic mass is 10.1. The lowest BCUT2D eigenvalue weighted by Crippen LogP contribution is -1.95. The molecule has 3 nitrogen and oxygen atoms in total. The predicted octanol–water partition coefficient (Wildman–Crippen LogP) is 1.43. The van der Waals surface area contributed by atoms with E-state index in [4.69, 9.17) is 5.26 Å². The fourth-order valence-electron chi connectivity index (χ4n) is 0.814. The molecule has 0 aromatic carbocycles. The Morgan fingerprint density at radius 3 is 3.10 bits per heavy atom. The zero-order valence-corrected chi connectivity index (χ0v) is 5.83. The van der Waals surface area contributed by atoms with E-state index in [9.17, 15) is 0 Å². The first-order valence-electron chi connectivity index (χ1n) is 3.27. The van der Waals surface area contributed by atoms with Crippen LogP contribution in [0.3, 0.4) is 0 Å². The van der Waals surface area contributed by atoms with Gasteiger partial charge in [-0.3, -0.25) is 0 Å². The normalized spacial score (nSPS) is 12.4. The fourth-order valence-corrected chi connectivity index (χ4v) is 0.814. The highest BCUT2D eigenvalue weighted by molar-refractivity contribution is 5.07. The molecule has 0 fully saturated rings. The fraction of sp³-hybridized carbons (Fsp3) is 0.429. The molecule has 0 bridgehead atoms. The van der Waals surface area contributed by atoms with Crippen molar-refractivity contribution in [2.24, 2.45) is 0 Å². The first kappa shape index (κ1) is 6.81. The van der Waals surface area contributed by atoms with Crippen LogP contribution in [0.2, 0.25) is 0 Å². The molecule has 0 saturated heterocycles. The summed E-state index contributed by atoms with van der Waals surface area (Å²) in [5.41, 5.74) is 0. The van der Waals surface area contributed by atoms with Crippen LogP contribution in [0.1, 0.15) is 25.1 Å². The van der Waals surface area contributed by atoms with Crippen molar-refractivity contribution in [2.75, 3.05) is 0 Å². The number of H-pyrrole nitrogens is 1. The van der Waals surface area contributed by atoms with Gasteiger partial charge in [-0.2, -0.15) is 5.26 Å². The second kappa shape index (κ2) is 3.02. The van der Waals surface area contributed by atoms with Gasteiger partial charge in [0.05, 0.1) is 6.07 Å². The first-order valence-corrected chi connectivity index (χ1v) is 3.27. The Labute approximate surface area is 59.7 Å². The van der Waals surface area contributed by atoms with E-state index in [1.807, 2.05) is 6.92 Å². The molecule has 1 N–H and O–H groups in total. The van der Waals surface area contributed by atoms with Crippen LogP contribution in [0.15, 0.2) is 12.4 Å². The second-order valence-electron chi connectivity index (χ2n) is 2.06. The standard InChI is InChI=1S/C7H9N3/c1-2-6(5-8)7-9-3-4-10-7/h3-4,6H,2H2,1H3,(H,9,10). The summed E-state index contributed by atoms with van der Waals surface area (Å²) in [6, 6.07) is 2.16. The van der Waals surface area contributed by atoms with Crippen molar-refractivity contribution in [3.05, 3.63) is 18.2 Å². The molecular weight excluding hydrogens is 126 g/mol. The van der Waals surface area contributed by atoms with Crippen LogP contribution in [0.4, 0.5) is 0 Å². The van der Waals surface area contributed by atoms with Gasteiger partial charge < -0.3 is 4.98 Å². The maximum absolute atomic E-state index is 8.59. The lowest BCUT2D eigenvalue weighted by Gasteiger charge is -1.98. The third-order valence-electron chi connectivity index (χ3n) is 1.41. The molecule has 0 saturated carbocycles. The first-order chi connectivity index (χ1) is 4.88. The molecule has 1 aromatic rings. The summed E-state index contributed by atoms with van der Waals surface area (Å²) >= 11 is 0. The highest BCUT2D eigenvalue weighted by atomic mass is 14.9. The molecule has 1 rings (SSSR count). The van der Waals surface area contributed by atoms with Gasteiger partial charge in [-0.1, -0.05) is 6.92 Å². The molecule has 0 aliphatic heterocycles. The monoisotopic (exact) mass is 135 g/mol. The van der Waals surface area contributed by atoms with E-state index in [1.165, 1.54) is 0 Å².